The summed E-state index contributed by atoms with van der Waals surface area (Å²) in [4.78, 5) is 0. The summed E-state index contributed by atoms with van der Waals surface area (Å²) in [7, 11) is 0. The minimum Gasteiger partial charge on any atom is -0.327 e. The lowest BCUT2D eigenvalue weighted by Crippen LogP contribution is -2.46. The van der Waals surface area contributed by atoms with Crippen molar-refractivity contribution in [3.63, 3.8) is 0 Å². The van der Waals surface area contributed by atoms with Crippen LogP contribution in [0.3, 0.4) is 0 Å². The molecule has 1 atom stereocenters. The normalized spacial score (nSPS) is 32.6. The molecule has 8 heavy (non-hydrogen) atoms. The minimum absolute atomic E-state index is 0. The summed E-state index contributed by atoms with van der Waals surface area (Å²) >= 11 is 0. The van der Waals surface area contributed by atoms with Crippen molar-refractivity contribution >= 4 is 12.4 Å². The molecule has 0 spiro atoms. The Hall–Kier alpha value is 0.250. The molecule has 0 radical (unpaired) electrons. The summed E-state index contributed by atoms with van der Waals surface area (Å²) in [6, 6.07) is 0.479. The number of halogens is 1. The van der Waals surface area contributed by atoms with E-state index in [0.717, 1.165) is 0 Å². The van der Waals surface area contributed by atoms with Gasteiger partial charge in [-0.25, -0.2) is 0 Å². The van der Waals surface area contributed by atoms with E-state index in [1.54, 1.807) is 0 Å². The van der Waals surface area contributed by atoms with Crippen LogP contribution in [0.5, 0.6) is 0 Å². The number of hydrogen-bond donors (Lipinski definition) is 1. The van der Waals surface area contributed by atoms with Gasteiger partial charge in [-0.2, -0.15) is 0 Å². The zero-order valence-electron chi connectivity index (χ0n) is 5.48. The maximum absolute atomic E-state index is 5.66. The van der Waals surface area contributed by atoms with Gasteiger partial charge in [0.05, 0.1) is 0 Å². The van der Waals surface area contributed by atoms with Crippen LogP contribution in [0.2, 0.25) is 0 Å². The van der Waals surface area contributed by atoms with Crippen LogP contribution in [0.4, 0.5) is 0 Å². The molecule has 1 fully saturated rings. The molecule has 1 rings (SSSR count). The Labute approximate surface area is 57.1 Å². The summed E-state index contributed by atoms with van der Waals surface area (Å²) in [5, 5.41) is 0. The fraction of sp³-hybridized carbons (Fsp3) is 1.00. The molecule has 0 aromatic carbocycles. The molecular weight excluding hydrogens is 122 g/mol. The van der Waals surface area contributed by atoms with Crippen LogP contribution >= 0.6 is 12.4 Å². The molecule has 2 heteroatoms. The van der Waals surface area contributed by atoms with Crippen LogP contribution in [-0.4, -0.2) is 6.04 Å². The first kappa shape index (κ1) is 8.25. The van der Waals surface area contributed by atoms with Crippen molar-refractivity contribution in [1.29, 1.82) is 0 Å². The maximum Gasteiger partial charge on any atom is 0.00905 e. The van der Waals surface area contributed by atoms with Crippen molar-refractivity contribution in [2.45, 2.75) is 32.7 Å². The maximum atomic E-state index is 5.66. The Bertz CT molecular complexity index is 80.6. The van der Waals surface area contributed by atoms with Gasteiger partial charge < -0.3 is 5.73 Å². The third kappa shape index (κ3) is 1.15. The fourth-order valence-electron chi connectivity index (χ4n) is 0.888. The lowest BCUT2D eigenvalue weighted by molar-refractivity contribution is 0.144. The quantitative estimate of drug-likeness (QED) is 0.536. The molecule has 0 aromatic heterocycles. The summed E-state index contributed by atoms with van der Waals surface area (Å²) in [5.74, 6) is 0. The van der Waals surface area contributed by atoms with Gasteiger partial charge in [-0.15, -0.1) is 12.4 Å². The van der Waals surface area contributed by atoms with E-state index in [4.69, 9.17) is 5.73 Å². The predicted octanol–water partition coefficient (Wildman–Crippen LogP) is 1.56. The number of hydrogen-bond acceptors (Lipinski definition) is 1. The Kier molecular flexibility index (Phi) is 2.31. The van der Waals surface area contributed by atoms with Gasteiger partial charge in [0.2, 0.25) is 0 Å². The average molecular weight is 136 g/mol. The zero-order valence-corrected chi connectivity index (χ0v) is 6.29. The second-order valence-corrected chi connectivity index (χ2v) is 3.13. The minimum atomic E-state index is 0. The smallest absolute Gasteiger partial charge is 0.00905 e. The Morgan fingerprint density at radius 3 is 1.88 bits per heavy atom. The van der Waals surface area contributed by atoms with Crippen molar-refractivity contribution < 1.29 is 0 Å². The van der Waals surface area contributed by atoms with Gasteiger partial charge in [0.15, 0.2) is 0 Å². The van der Waals surface area contributed by atoms with Crippen molar-refractivity contribution in [3.05, 3.63) is 0 Å². The highest BCUT2D eigenvalue weighted by molar-refractivity contribution is 5.85. The van der Waals surface area contributed by atoms with E-state index in [-0.39, 0.29) is 12.4 Å². The van der Waals surface area contributed by atoms with Gasteiger partial charge >= 0.3 is 0 Å². The van der Waals surface area contributed by atoms with E-state index < -0.39 is 0 Å². The molecule has 1 nitrogen and oxygen atoms in total. The topological polar surface area (TPSA) is 26.0 Å². The lowest BCUT2D eigenvalue weighted by Gasteiger charge is -2.41. The standard InChI is InChI=1S/C6H13N.ClH/c1-6(2)4-3-5(6)7;/h5H,3-4,7H2,1-2H3;1H/t5-;/m1./s1. The number of nitrogens with two attached hydrogens (primary N) is 1. The molecule has 0 amide bonds. The summed E-state index contributed by atoms with van der Waals surface area (Å²) in [6.07, 6.45) is 2.54. The SMILES string of the molecule is CC1(C)CC[C@H]1N.Cl. The van der Waals surface area contributed by atoms with E-state index >= 15 is 0 Å². The molecule has 0 aliphatic heterocycles. The third-order valence-electron chi connectivity index (χ3n) is 2.10. The number of rotatable bonds is 0. The van der Waals surface area contributed by atoms with Crippen molar-refractivity contribution in [2.75, 3.05) is 0 Å². The lowest BCUT2D eigenvalue weighted by atomic mass is 9.68. The average Bonchev–Trinajstić information content (AvgIpc) is 1.63. The molecule has 1 saturated carbocycles. The molecule has 1 aliphatic rings. The van der Waals surface area contributed by atoms with E-state index in [9.17, 15) is 0 Å². The highest BCUT2D eigenvalue weighted by Crippen LogP contribution is 2.37. The molecule has 1 aliphatic carbocycles. The molecule has 0 unspecified atom stereocenters. The van der Waals surface area contributed by atoms with Gasteiger partial charge in [-0.05, 0) is 18.3 Å². The Morgan fingerprint density at radius 2 is 1.88 bits per heavy atom. The highest BCUT2D eigenvalue weighted by Gasteiger charge is 2.34. The summed E-state index contributed by atoms with van der Waals surface area (Å²) in [5.41, 5.74) is 6.11. The van der Waals surface area contributed by atoms with Gasteiger partial charge in [0, 0.05) is 6.04 Å². The van der Waals surface area contributed by atoms with Crippen LogP contribution in [0.25, 0.3) is 0 Å². The second kappa shape index (κ2) is 2.24. The largest absolute Gasteiger partial charge is 0.327 e. The fourth-order valence-corrected chi connectivity index (χ4v) is 0.888. The molecule has 0 aromatic rings. The van der Waals surface area contributed by atoms with Crippen molar-refractivity contribution in [3.8, 4) is 0 Å². The zero-order chi connectivity index (χ0) is 5.49. The van der Waals surface area contributed by atoms with Crippen LogP contribution in [0.1, 0.15) is 26.7 Å². The Morgan fingerprint density at radius 1 is 1.50 bits per heavy atom. The van der Waals surface area contributed by atoms with Gasteiger partial charge in [0.1, 0.15) is 0 Å². The molecule has 0 bridgehead atoms. The van der Waals surface area contributed by atoms with Crippen LogP contribution in [0, 0.1) is 5.41 Å². The molecule has 0 heterocycles. The first-order chi connectivity index (χ1) is 3.13. The van der Waals surface area contributed by atoms with E-state index in [2.05, 4.69) is 13.8 Å². The van der Waals surface area contributed by atoms with Gasteiger partial charge in [-0.1, -0.05) is 13.8 Å². The van der Waals surface area contributed by atoms with Crippen LogP contribution in [0.15, 0.2) is 0 Å². The van der Waals surface area contributed by atoms with E-state index in [1.165, 1.54) is 12.8 Å². The van der Waals surface area contributed by atoms with Crippen LogP contribution < -0.4 is 5.73 Å². The van der Waals surface area contributed by atoms with Gasteiger partial charge in [0.25, 0.3) is 0 Å². The van der Waals surface area contributed by atoms with Crippen molar-refractivity contribution in [2.24, 2.45) is 11.1 Å². The van der Waals surface area contributed by atoms with Crippen LogP contribution in [-0.2, 0) is 0 Å². The second-order valence-electron chi connectivity index (χ2n) is 3.13. The molecule has 0 saturated heterocycles. The predicted molar refractivity (Wildman–Crippen MR) is 38.2 cm³/mol. The van der Waals surface area contributed by atoms with Gasteiger partial charge in [-0.3, -0.25) is 0 Å². The third-order valence-corrected chi connectivity index (χ3v) is 2.10. The summed E-state index contributed by atoms with van der Waals surface area (Å²) < 4.78 is 0. The monoisotopic (exact) mass is 135 g/mol. The van der Waals surface area contributed by atoms with E-state index in [0.29, 0.717) is 11.5 Å². The first-order valence-electron chi connectivity index (χ1n) is 2.88. The molecular formula is C6H14ClN. The highest BCUT2D eigenvalue weighted by atomic mass is 35.5. The Balaban J connectivity index is 0.000000490. The molecule has 50 valence electrons. The molecule has 2 N–H and O–H groups in total. The first-order valence-corrected chi connectivity index (χ1v) is 2.88. The van der Waals surface area contributed by atoms with E-state index in [1.807, 2.05) is 0 Å². The summed E-state index contributed by atoms with van der Waals surface area (Å²) in [6.45, 7) is 4.45. The van der Waals surface area contributed by atoms with Crippen molar-refractivity contribution in [1.82, 2.24) is 0 Å².